The van der Waals surface area contributed by atoms with Gasteiger partial charge in [0.2, 0.25) is 0 Å². The number of hydrogen-bond donors (Lipinski definition) is 0. The molecule has 0 fully saturated rings. The average Bonchev–Trinajstić information content (AvgIpc) is 3.08. The third kappa shape index (κ3) is 15.4. The minimum atomic E-state index is -0.212. The Bertz CT molecular complexity index is 1290. The van der Waals surface area contributed by atoms with Crippen LogP contribution in [-0.4, -0.2) is 0 Å². The number of rotatable bonds is 12. The molecule has 0 N–H and O–H groups in total. The molecular weight excluding hydrogens is 801 g/mol. The summed E-state index contributed by atoms with van der Waals surface area (Å²) in [7, 11) is 5.73. The van der Waals surface area contributed by atoms with Crippen LogP contribution in [0.4, 0.5) is 0 Å². The van der Waals surface area contributed by atoms with E-state index < -0.39 is 0 Å². The van der Waals surface area contributed by atoms with Crippen LogP contribution in [0, 0.1) is 0 Å². The standard InChI is InChI=1S/6C6H6P.2ClH.2Fe/c6*7-6-4-2-1-3-5-6;;;;/h6*1-5,7H;2*1H;;/q6*-1;;;2*+4/p-2. The van der Waals surface area contributed by atoms with Gasteiger partial charge in [-0.2, -0.15) is 0 Å². The first kappa shape index (κ1) is 40.0. The molecule has 6 rings (SSSR count). The molecule has 0 spiro atoms. The van der Waals surface area contributed by atoms with Crippen molar-refractivity contribution in [1.82, 2.24) is 0 Å². The Morgan fingerprint density at radius 1 is 0.217 bits per heavy atom. The van der Waals surface area contributed by atoms with Gasteiger partial charge < -0.3 is 24.8 Å². The molecule has 6 unspecified atom stereocenters. The molecule has 0 aliphatic rings. The number of hydrogen-bond acceptors (Lipinski definition) is 0. The second-order valence-electron chi connectivity index (χ2n) is 9.26. The minimum absolute atomic E-state index is 0. The summed E-state index contributed by atoms with van der Waals surface area (Å²) in [5.74, 6) is 0. The predicted octanol–water partition coefficient (Wildman–Crippen LogP) is 2.73. The fourth-order valence-electron chi connectivity index (χ4n) is 3.73. The van der Waals surface area contributed by atoms with Crippen LogP contribution < -0.4 is 56.6 Å². The van der Waals surface area contributed by atoms with Crippen molar-refractivity contribution in [3.05, 3.63) is 182 Å². The summed E-state index contributed by atoms with van der Waals surface area (Å²) in [5, 5.41) is 9.05. The van der Waals surface area contributed by atoms with Gasteiger partial charge in [-0.15, -0.1) is 0 Å². The van der Waals surface area contributed by atoms with Gasteiger partial charge in [0, 0.05) is 0 Å². The summed E-state index contributed by atoms with van der Waals surface area (Å²) >= 11 is -0.424. The third-order valence-corrected chi connectivity index (χ3v) is 33.9. The van der Waals surface area contributed by atoms with Crippen molar-refractivity contribution in [3.63, 3.8) is 0 Å². The molecule has 10 heteroatoms. The van der Waals surface area contributed by atoms with E-state index in [0.717, 1.165) is 43.6 Å². The van der Waals surface area contributed by atoms with E-state index in [0.29, 0.717) is 0 Å². The first-order valence-corrected chi connectivity index (χ1v) is 29.1. The third-order valence-electron chi connectivity index (χ3n) is 5.79. The number of benzene rings is 6. The van der Waals surface area contributed by atoms with Crippen molar-refractivity contribution in [2.45, 2.75) is 0 Å². The van der Waals surface area contributed by atoms with Crippen molar-refractivity contribution in [2.75, 3.05) is 0 Å². The van der Waals surface area contributed by atoms with Crippen molar-refractivity contribution in [1.29, 1.82) is 0 Å². The van der Waals surface area contributed by atoms with Crippen LogP contribution in [-0.2, 0) is 25.1 Å². The van der Waals surface area contributed by atoms with Gasteiger partial charge in [-0.25, -0.2) is 0 Å². The van der Waals surface area contributed by atoms with Crippen LogP contribution in [0.5, 0.6) is 0 Å². The average molecular weight is 837 g/mol. The Labute approximate surface area is 304 Å². The molecule has 0 nitrogen and oxygen atoms in total. The van der Waals surface area contributed by atoms with E-state index in [1.54, 1.807) is 0 Å². The van der Waals surface area contributed by atoms with Crippen LogP contribution in [0.1, 0.15) is 0 Å². The van der Waals surface area contributed by atoms with Gasteiger partial charge in [-0.05, 0) is 0 Å². The monoisotopic (exact) mass is 836 g/mol. The van der Waals surface area contributed by atoms with Gasteiger partial charge in [0.1, 0.15) is 0 Å². The maximum atomic E-state index is 2.28. The van der Waals surface area contributed by atoms with Gasteiger partial charge in [-0.3, -0.25) is 0 Å². The molecule has 0 aromatic heterocycles. The topological polar surface area (TPSA) is 0 Å². The summed E-state index contributed by atoms with van der Waals surface area (Å²) in [6, 6.07) is 66.0. The summed E-state index contributed by atoms with van der Waals surface area (Å²) < 4.78 is 0. The van der Waals surface area contributed by atoms with Gasteiger partial charge in [0.25, 0.3) is 0 Å². The first-order chi connectivity index (χ1) is 21.8. The summed E-state index contributed by atoms with van der Waals surface area (Å²) in [4.78, 5) is 0. The Hall–Kier alpha value is -0.481. The Morgan fingerprint density at radius 2 is 0.348 bits per heavy atom. The Balaban J connectivity index is 0.000000240. The van der Waals surface area contributed by atoms with E-state index >= 15 is 0 Å². The summed E-state index contributed by atoms with van der Waals surface area (Å²) in [5.41, 5.74) is 0. The predicted molar refractivity (Wildman–Crippen MR) is 206 cm³/mol. The zero-order valence-electron chi connectivity index (χ0n) is 24.8. The van der Waals surface area contributed by atoms with Crippen molar-refractivity contribution in [2.24, 2.45) is 0 Å². The van der Waals surface area contributed by atoms with E-state index in [2.05, 4.69) is 182 Å². The van der Waals surface area contributed by atoms with E-state index in [4.69, 9.17) is 0 Å². The molecular formula is C36H36Cl2Fe2P6. The van der Waals surface area contributed by atoms with Gasteiger partial charge in [0.05, 0.1) is 0 Å². The molecule has 46 heavy (non-hydrogen) atoms. The first-order valence-electron chi connectivity index (χ1n) is 14.0. The normalized spacial score (nSPS) is 12.3. The second-order valence-corrected chi connectivity index (χ2v) is 37.9. The molecule has 0 aliphatic carbocycles. The molecule has 0 heterocycles. The molecule has 0 radical (unpaired) electrons. The van der Waals surface area contributed by atoms with Crippen LogP contribution in [0.25, 0.3) is 0 Å². The van der Waals surface area contributed by atoms with Crippen LogP contribution in [0.15, 0.2) is 182 Å². The molecule has 6 aromatic rings. The zero-order chi connectivity index (χ0) is 30.1. The second kappa shape index (κ2) is 23.8. The van der Waals surface area contributed by atoms with Gasteiger partial charge in [0.15, 0.2) is 0 Å². The van der Waals surface area contributed by atoms with E-state index in [9.17, 15) is 0 Å². The fraction of sp³-hybridized carbons (Fsp3) is 0. The van der Waals surface area contributed by atoms with Crippen LogP contribution in [0.2, 0.25) is 0 Å². The molecule has 0 saturated heterocycles. The molecule has 0 bridgehead atoms. The summed E-state index contributed by atoms with van der Waals surface area (Å²) in [6.45, 7) is 0. The van der Waals surface area contributed by atoms with Crippen LogP contribution >= 0.6 is 43.6 Å². The Kier molecular flexibility index (Phi) is 20.7. The Morgan fingerprint density at radius 3 is 0.478 bits per heavy atom. The number of halogens is 2. The van der Waals surface area contributed by atoms with E-state index in [1.807, 2.05) is 0 Å². The maximum absolute atomic E-state index is 2.28. The van der Waals surface area contributed by atoms with Crippen molar-refractivity contribution >= 4 is 75.4 Å². The van der Waals surface area contributed by atoms with Crippen LogP contribution in [0.3, 0.4) is 0 Å². The van der Waals surface area contributed by atoms with Gasteiger partial charge >= 0.3 is 283 Å². The molecule has 0 saturated carbocycles. The van der Waals surface area contributed by atoms with E-state index in [1.165, 1.54) is 31.8 Å². The molecule has 240 valence electrons. The zero-order valence-corrected chi connectivity index (χ0v) is 34.5. The molecule has 6 aromatic carbocycles. The van der Waals surface area contributed by atoms with Gasteiger partial charge in [-0.1, -0.05) is 0 Å². The fourth-order valence-corrected chi connectivity index (χ4v) is 35.8. The molecule has 0 amide bonds. The molecule has 6 atom stereocenters. The quantitative estimate of drug-likeness (QED) is 0.132. The van der Waals surface area contributed by atoms with E-state index in [-0.39, 0.29) is 50.0 Å². The summed E-state index contributed by atoms with van der Waals surface area (Å²) in [6.07, 6.45) is 0. The van der Waals surface area contributed by atoms with Crippen molar-refractivity contribution < 1.29 is 50.0 Å². The van der Waals surface area contributed by atoms with Crippen molar-refractivity contribution in [3.8, 4) is 0 Å². The SMILES string of the molecule is [Cl-].[Cl-].c1ccc([PH][Fe+]([PH]c2ccccc2)[PH]c2ccccc2)cc1.c1ccc([PH][Fe+]([PH]c2ccccc2)[PH]c2ccccc2)cc1. The molecule has 0 aliphatic heterocycles.